The number of piperidine rings is 2. The van der Waals surface area contributed by atoms with Gasteiger partial charge in [-0.3, -0.25) is 4.90 Å². The van der Waals surface area contributed by atoms with Gasteiger partial charge in [-0.1, -0.05) is 75.0 Å². The Hall–Kier alpha value is -2.58. The largest absolute Gasteiger partial charge is 0.363 e. The zero-order valence-corrected chi connectivity index (χ0v) is 21.9. The smallest absolute Gasteiger partial charge is 0.0233 e. The second-order valence-corrected chi connectivity index (χ2v) is 11.9. The number of benzene rings is 2. The number of nitrogens with zero attached hydrogens (tertiary/aromatic N) is 1. The summed E-state index contributed by atoms with van der Waals surface area (Å²) < 4.78 is 0. The van der Waals surface area contributed by atoms with Crippen molar-refractivity contribution in [3.05, 3.63) is 101 Å². The number of likely N-dealkylation sites (tertiary alicyclic amines) is 1. The van der Waals surface area contributed by atoms with Crippen LogP contribution in [0.5, 0.6) is 0 Å². The molecule has 2 aliphatic heterocycles. The van der Waals surface area contributed by atoms with E-state index < -0.39 is 0 Å². The van der Waals surface area contributed by atoms with Gasteiger partial charge in [-0.15, -0.1) is 0 Å². The molecule has 0 radical (unpaired) electrons. The van der Waals surface area contributed by atoms with E-state index in [1.807, 2.05) is 0 Å². The molecule has 2 atom stereocenters. The molecule has 2 heterocycles. The van der Waals surface area contributed by atoms with Crippen LogP contribution in [0.3, 0.4) is 0 Å². The molecule has 2 unspecified atom stereocenters. The Bertz CT molecular complexity index is 1140. The normalized spacial score (nSPS) is 25.8. The van der Waals surface area contributed by atoms with E-state index in [1.54, 1.807) is 5.56 Å². The maximum atomic E-state index is 4.53. The zero-order valence-electron chi connectivity index (χ0n) is 21.9. The molecule has 4 aliphatic rings. The van der Waals surface area contributed by atoms with E-state index in [9.17, 15) is 0 Å². The van der Waals surface area contributed by atoms with E-state index in [0.717, 1.165) is 43.1 Å². The summed E-state index contributed by atoms with van der Waals surface area (Å²) in [4.78, 5) is 2.65. The predicted molar refractivity (Wildman–Crippen MR) is 152 cm³/mol. The summed E-state index contributed by atoms with van der Waals surface area (Å²) in [5, 5.41) is 3.42. The van der Waals surface area contributed by atoms with E-state index in [4.69, 9.17) is 0 Å². The van der Waals surface area contributed by atoms with Crippen molar-refractivity contribution in [2.24, 2.45) is 11.8 Å². The van der Waals surface area contributed by atoms with Gasteiger partial charge in [0, 0.05) is 23.9 Å². The number of hydrogen-bond acceptors (Lipinski definition) is 2. The van der Waals surface area contributed by atoms with E-state index in [1.165, 1.54) is 79.4 Å². The van der Waals surface area contributed by atoms with Gasteiger partial charge < -0.3 is 5.32 Å². The minimum absolute atomic E-state index is 0.467. The van der Waals surface area contributed by atoms with Crippen molar-refractivity contribution in [2.45, 2.75) is 76.2 Å². The highest BCUT2D eigenvalue weighted by Gasteiger charge is 2.35. The molecule has 0 spiro atoms. The number of allylic oxidation sites excluding steroid dienone is 3. The van der Waals surface area contributed by atoms with Crippen LogP contribution in [0.2, 0.25) is 0 Å². The lowest BCUT2D eigenvalue weighted by Gasteiger charge is -2.32. The minimum Gasteiger partial charge on any atom is -0.363 e. The van der Waals surface area contributed by atoms with Gasteiger partial charge in [0.05, 0.1) is 0 Å². The molecule has 36 heavy (non-hydrogen) atoms. The monoisotopic (exact) mass is 478 g/mol. The second kappa shape index (κ2) is 10.1. The standard InChI is InChI=1S/C34H42N2/c1-23-8-14-33(25(3)35-23)34-21-31-20-30(13-15-32(31)24(34)2)29-16-18-36(19-17-29)22-26-9-11-28(12-10-26)27-6-4-5-7-27/h9-13,15,20,27,29,33-35H,1-8,14,16-19,21-22H2. The molecule has 2 heteroatoms. The molecule has 0 aromatic heterocycles. The molecule has 3 fully saturated rings. The predicted octanol–water partition coefficient (Wildman–Crippen LogP) is 7.94. The molecule has 2 aromatic rings. The number of hydrogen-bond donors (Lipinski definition) is 1. The molecule has 0 bridgehead atoms. The van der Waals surface area contributed by atoms with Crippen LogP contribution in [0.25, 0.3) is 5.57 Å². The third-order valence-corrected chi connectivity index (χ3v) is 9.66. The van der Waals surface area contributed by atoms with Crippen LogP contribution in [-0.2, 0) is 13.0 Å². The zero-order chi connectivity index (χ0) is 24.6. The van der Waals surface area contributed by atoms with Gasteiger partial charge >= 0.3 is 0 Å². The van der Waals surface area contributed by atoms with E-state index >= 15 is 0 Å². The number of nitrogens with one attached hydrogen (secondary N) is 1. The van der Waals surface area contributed by atoms with Crippen molar-refractivity contribution in [2.75, 3.05) is 13.1 Å². The van der Waals surface area contributed by atoms with Crippen molar-refractivity contribution in [3.63, 3.8) is 0 Å². The van der Waals surface area contributed by atoms with Gasteiger partial charge in [-0.05, 0) is 109 Å². The van der Waals surface area contributed by atoms with Crippen LogP contribution in [0, 0.1) is 11.8 Å². The SMILES string of the molecule is C=C1CCC(C2Cc3cc(C4CCN(Cc5ccc(C6CCCC6)cc5)CC4)ccc3C2=C)C(=C)N1. The van der Waals surface area contributed by atoms with E-state index in [0.29, 0.717) is 17.8 Å². The van der Waals surface area contributed by atoms with Gasteiger partial charge in [-0.25, -0.2) is 0 Å². The molecular weight excluding hydrogens is 436 g/mol. The first-order valence-electron chi connectivity index (χ1n) is 14.3. The molecule has 2 aliphatic carbocycles. The van der Waals surface area contributed by atoms with Crippen molar-refractivity contribution in [3.8, 4) is 0 Å². The Balaban J connectivity index is 1.05. The van der Waals surface area contributed by atoms with Crippen molar-refractivity contribution in [1.29, 1.82) is 0 Å². The average Bonchev–Trinajstić information content (AvgIpc) is 3.54. The second-order valence-electron chi connectivity index (χ2n) is 11.9. The maximum absolute atomic E-state index is 4.53. The third-order valence-electron chi connectivity index (χ3n) is 9.66. The molecule has 1 N–H and O–H groups in total. The quantitative estimate of drug-likeness (QED) is 0.469. The minimum atomic E-state index is 0.467. The Morgan fingerprint density at radius 2 is 1.47 bits per heavy atom. The summed E-state index contributed by atoms with van der Waals surface area (Å²) in [6.07, 6.45) is 11.4. The van der Waals surface area contributed by atoms with Crippen LogP contribution in [0.15, 0.2) is 73.6 Å². The molecule has 2 aromatic carbocycles. The number of rotatable bonds is 5. The summed E-state index contributed by atoms with van der Waals surface area (Å²) in [5.41, 5.74) is 11.0. The first-order valence-corrected chi connectivity index (χ1v) is 14.3. The van der Waals surface area contributed by atoms with E-state index in [2.05, 4.69) is 72.4 Å². The molecule has 6 rings (SSSR count). The van der Waals surface area contributed by atoms with Gasteiger partial charge in [0.2, 0.25) is 0 Å². The fourth-order valence-electron chi connectivity index (χ4n) is 7.46. The van der Waals surface area contributed by atoms with Gasteiger partial charge in [0.1, 0.15) is 0 Å². The summed E-state index contributed by atoms with van der Waals surface area (Å²) >= 11 is 0. The van der Waals surface area contributed by atoms with Gasteiger partial charge in [-0.2, -0.15) is 0 Å². The van der Waals surface area contributed by atoms with Crippen LogP contribution in [0.4, 0.5) is 0 Å². The van der Waals surface area contributed by atoms with Crippen LogP contribution < -0.4 is 5.32 Å². The van der Waals surface area contributed by atoms with Gasteiger partial charge in [0.15, 0.2) is 0 Å². The molecule has 188 valence electrons. The topological polar surface area (TPSA) is 15.3 Å². The fourth-order valence-corrected chi connectivity index (χ4v) is 7.46. The summed E-state index contributed by atoms with van der Waals surface area (Å²) in [5.74, 6) is 2.44. The first kappa shape index (κ1) is 23.8. The molecular formula is C34H42N2. The van der Waals surface area contributed by atoms with Crippen LogP contribution in [-0.4, -0.2) is 18.0 Å². The van der Waals surface area contributed by atoms with Crippen molar-refractivity contribution < 1.29 is 0 Å². The van der Waals surface area contributed by atoms with Crippen molar-refractivity contribution in [1.82, 2.24) is 10.2 Å². The van der Waals surface area contributed by atoms with Gasteiger partial charge in [0.25, 0.3) is 0 Å². The van der Waals surface area contributed by atoms with E-state index in [-0.39, 0.29) is 0 Å². The average molecular weight is 479 g/mol. The molecule has 0 amide bonds. The Morgan fingerprint density at radius 3 is 2.19 bits per heavy atom. The summed E-state index contributed by atoms with van der Waals surface area (Å²) in [6.45, 7) is 16.4. The lowest BCUT2D eigenvalue weighted by Crippen LogP contribution is -2.32. The Labute approximate surface area is 218 Å². The van der Waals surface area contributed by atoms with Crippen molar-refractivity contribution >= 4 is 5.57 Å². The van der Waals surface area contributed by atoms with Crippen LogP contribution >= 0.6 is 0 Å². The Kier molecular flexibility index (Phi) is 6.65. The lowest BCUT2D eigenvalue weighted by atomic mass is 9.80. The molecule has 1 saturated carbocycles. The highest BCUT2D eigenvalue weighted by atomic mass is 15.1. The lowest BCUT2D eigenvalue weighted by molar-refractivity contribution is 0.204. The first-order chi connectivity index (χ1) is 17.5. The van der Waals surface area contributed by atoms with Crippen LogP contribution in [0.1, 0.15) is 91.0 Å². The maximum Gasteiger partial charge on any atom is 0.0233 e. The number of fused-ring (bicyclic) bond motifs is 1. The Morgan fingerprint density at radius 1 is 0.778 bits per heavy atom. The summed E-state index contributed by atoms with van der Waals surface area (Å²) in [7, 11) is 0. The highest BCUT2D eigenvalue weighted by molar-refractivity contribution is 5.74. The summed E-state index contributed by atoms with van der Waals surface area (Å²) in [6, 6.07) is 16.8. The highest BCUT2D eigenvalue weighted by Crippen LogP contribution is 2.46. The fraction of sp³-hybridized carbons (Fsp3) is 0.471. The molecule has 2 nitrogen and oxygen atoms in total. The molecule has 2 saturated heterocycles. The third kappa shape index (κ3) is 4.73.